The highest BCUT2D eigenvalue weighted by atomic mass is 16.2. The van der Waals surface area contributed by atoms with E-state index < -0.39 is 0 Å². The molecular weight excluding hydrogens is 290 g/mol. The molecule has 0 unspecified atom stereocenters. The lowest BCUT2D eigenvalue weighted by atomic mass is 10.2. The Labute approximate surface area is 131 Å². The first-order valence-corrected chi connectivity index (χ1v) is 7.14. The number of hydrogen-bond acceptors (Lipinski definition) is 3. The molecule has 4 rings (SSSR count). The maximum absolute atomic E-state index is 12.1. The van der Waals surface area contributed by atoms with Crippen LogP contribution in [0.2, 0.25) is 0 Å². The number of carbonyl (C=O) groups excluding carboxylic acids is 1. The fourth-order valence-electron chi connectivity index (χ4n) is 2.50. The van der Waals surface area contributed by atoms with E-state index in [1.54, 1.807) is 30.7 Å². The van der Waals surface area contributed by atoms with Crippen LogP contribution in [0, 0.1) is 0 Å². The molecule has 23 heavy (non-hydrogen) atoms. The molecule has 4 aromatic rings. The third-order valence-electron chi connectivity index (χ3n) is 3.67. The van der Waals surface area contributed by atoms with E-state index in [9.17, 15) is 4.79 Å². The molecule has 0 aliphatic carbocycles. The van der Waals surface area contributed by atoms with E-state index in [0.29, 0.717) is 5.56 Å². The minimum absolute atomic E-state index is 0.266. The zero-order chi connectivity index (χ0) is 15.6. The fraction of sp³-hybridized carbons (Fsp3) is 0. The molecule has 6 heteroatoms. The number of hydrazone groups is 1. The Morgan fingerprint density at radius 1 is 1.13 bits per heavy atom. The fourth-order valence-corrected chi connectivity index (χ4v) is 2.50. The van der Waals surface area contributed by atoms with Gasteiger partial charge in [-0.2, -0.15) is 5.10 Å². The van der Waals surface area contributed by atoms with E-state index >= 15 is 0 Å². The highest BCUT2D eigenvalue weighted by Crippen LogP contribution is 2.15. The number of carbonyl (C=O) groups is 1. The van der Waals surface area contributed by atoms with Crippen LogP contribution in [0.1, 0.15) is 15.9 Å². The number of para-hydroxylation sites is 1. The van der Waals surface area contributed by atoms with Crippen molar-refractivity contribution in [2.45, 2.75) is 0 Å². The number of hydrogen-bond donors (Lipinski definition) is 3. The van der Waals surface area contributed by atoms with Crippen LogP contribution in [-0.2, 0) is 0 Å². The smallest absolute Gasteiger partial charge is 0.271 e. The van der Waals surface area contributed by atoms with Crippen LogP contribution < -0.4 is 5.43 Å². The van der Waals surface area contributed by atoms with Crippen molar-refractivity contribution in [2.75, 3.05) is 0 Å². The normalized spacial score (nSPS) is 11.5. The molecule has 1 amide bonds. The average Bonchev–Trinajstić information content (AvgIpc) is 3.21. The Hall–Kier alpha value is -3.41. The van der Waals surface area contributed by atoms with Crippen molar-refractivity contribution in [3.8, 4) is 0 Å². The molecule has 2 aromatic heterocycles. The maximum Gasteiger partial charge on any atom is 0.271 e. The Morgan fingerprint density at radius 2 is 2.04 bits per heavy atom. The van der Waals surface area contributed by atoms with Crippen molar-refractivity contribution in [2.24, 2.45) is 5.10 Å². The second-order valence-corrected chi connectivity index (χ2v) is 5.12. The van der Waals surface area contributed by atoms with Crippen LogP contribution in [0.15, 0.2) is 60.1 Å². The van der Waals surface area contributed by atoms with Gasteiger partial charge in [0, 0.05) is 28.2 Å². The summed E-state index contributed by atoms with van der Waals surface area (Å²) in [7, 11) is 0. The second kappa shape index (κ2) is 5.42. The third-order valence-corrected chi connectivity index (χ3v) is 3.67. The Bertz CT molecular complexity index is 1030. The zero-order valence-corrected chi connectivity index (χ0v) is 12.1. The molecule has 0 saturated carbocycles. The van der Waals surface area contributed by atoms with E-state index in [1.807, 2.05) is 30.5 Å². The summed E-state index contributed by atoms with van der Waals surface area (Å²) in [6.07, 6.45) is 5.09. The molecule has 0 aliphatic rings. The first kappa shape index (κ1) is 13.3. The van der Waals surface area contributed by atoms with Crippen molar-refractivity contribution in [3.05, 3.63) is 66.1 Å². The van der Waals surface area contributed by atoms with Gasteiger partial charge in [0.25, 0.3) is 5.91 Å². The quantitative estimate of drug-likeness (QED) is 0.401. The number of aromatic amines is 2. The van der Waals surface area contributed by atoms with Gasteiger partial charge in [-0.1, -0.05) is 18.2 Å². The summed E-state index contributed by atoms with van der Waals surface area (Å²) in [5, 5.41) is 5.10. The number of rotatable bonds is 3. The first-order valence-electron chi connectivity index (χ1n) is 7.14. The van der Waals surface area contributed by atoms with Gasteiger partial charge in [0.05, 0.1) is 23.6 Å². The van der Waals surface area contributed by atoms with Crippen LogP contribution >= 0.6 is 0 Å². The molecule has 6 nitrogen and oxygen atoms in total. The molecule has 0 aliphatic heterocycles. The lowest BCUT2D eigenvalue weighted by Crippen LogP contribution is -2.17. The molecule has 0 radical (unpaired) electrons. The average molecular weight is 303 g/mol. The lowest BCUT2D eigenvalue weighted by Gasteiger charge is -1.99. The van der Waals surface area contributed by atoms with E-state index in [0.717, 1.165) is 27.5 Å². The van der Waals surface area contributed by atoms with Crippen molar-refractivity contribution < 1.29 is 4.79 Å². The summed E-state index contributed by atoms with van der Waals surface area (Å²) in [5.74, 6) is -0.266. The van der Waals surface area contributed by atoms with Crippen LogP contribution in [0.3, 0.4) is 0 Å². The van der Waals surface area contributed by atoms with Crippen molar-refractivity contribution >= 4 is 34.1 Å². The molecule has 112 valence electrons. The predicted molar refractivity (Wildman–Crippen MR) is 89.5 cm³/mol. The minimum Gasteiger partial charge on any atom is -0.361 e. The summed E-state index contributed by atoms with van der Waals surface area (Å²) >= 11 is 0. The molecule has 2 aromatic carbocycles. The molecule has 0 spiro atoms. The van der Waals surface area contributed by atoms with Gasteiger partial charge in [-0.15, -0.1) is 0 Å². The number of nitrogens with zero attached hydrogens (tertiary/aromatic N) is 2. The number of benzene rings is 2. The van der Waals surface area contributed by atoms with E-state index in [1.165, 1.54) is 0 Å². The molecule has 0 bridgehead atoms. The highest BCUT2D eigenvalue weighted by molar-refractivity contribution is 6.00. The van der Waals surface area contributed by atoms with Gasteiger partial charge >= 0.3 is 0 Å². The maximum atomic E-state index is 12.1. The number of fused-ring (bicyclic) bond motifs is 2. The standard InChI is InChI=1S/C17H13N5O/c23-17(11-5-6-15-16(7-11)20-10-19-15)22-21-9-12-8-18-14-4-2-1-3-13(12)14/h1-10,18H,(H,19,20)(H,22,23)/b21-9-. The lowest BCUT2D eigenvalue weighted by molar-refractivity contribution is 0.0955. The summed E-state index contributed by atoms with van der Waals surface area (Å²) in [5.41, 5.74) is 6.66. The SMILES string of the molecule is O=C(N/N=C\c1c[nH]c2ccccc12)c1ccc2nc[nH]c2c1. The van der Waals surface area contributed by atoms with Gasteiger partial charge in [-0.05, 0) is 24.3 Å². The van der Waals surface area contributed by atoms with Gasteiger partial charge in [0.15, 0.2) is 0 Å². The molecular formula is C17H13N5O. The number of H-pyrrole nitrogens is 2. The number of imidazole rings is 1. The van der Waals surface area contributed by atoms with Crippen LogP contribution in [-0.4, -0.2) is 27.1 Å². The Balaban J connectivity index is 1.52. The first-order chi connectivity index (χ1) is 11.3. The van der Waals surface area contributed by atoms with Gasteiger partial charge in [0.1, 0.15) is 0 Å². The number of aromatic nitrogens is 3. The summed E-state index contributed by atoms with van der Waals surface area (Å²) in [6, 6.07) is 13.2. The van der Waals surface area contributed by atoms with E-state index in [-0.39, 0.29) is 5.91 Å². The van der Waals surface area contributed by atoms with E-state index in [2.05, 4.69) is 25.5 Å². The van der Waals surface area contributed by atoms with E-state index in [4.69, 9.17) is 0 Å². The topological polar surface area (TPSA) is 85.9 Å². The Morgan fingerprint density at radius 3 is 3.00 bits per heavy atom. The second-order valence-electron chi connectivity index (χ2n) is 5.12. The summed E-state index contributed by atoms with van der Waals surface area (Å²) in [6.45, 7) is 0. The summed E-state index contributed by atoms with van der Waals surface area (Å²) < 4.78 is 0. The highest BCUT2D eigenvalue weighted by Gasteiger charge is 2.06. The number of amides is 1. The largest absolute Gasteiger partial charge is 0.361 e. The molecule has 2 heterocycles. The minimum atomic E-state index is -0.266. The molecule has 0 saturated heterocycles. The zero-order valence-electron chi connectivity index (χ0n) is 12.1. The van der Waals surface area contributed by atoms with Crippen LogP contribution in [0.25, 0.3) is 21.9 Å². The third kappa shape index (κ3) is 2.46. The van der Waals surface area contributed by atoms with Gasteiger partial charge in [0.2, 0.25) is 0 Å². The van der Waals surface area contributed by atoms with Gasteiger partial charge < -0.3 is 9.97 Å². The van der Waals surface area contributed by atoms with Crippen molar-refractivity contribution in [1.82, 2.24) is 20.4 Å². The van der Waals surface area contributed by atoms with Crippen LogP contribution in [0.5, 0.6) is 0 Å². The molecule has 3 N–H and O–H groups in total. The molecule has 0 fully saturated rings. The number of nitrogens with one attached hydrogen (secondary N) is 3. The monoisotopic (exact) mass is 303 g/mol. The van der Waals surface area contributed by atoms with Crippen LogP contribution in [0.4, 0.5) is 0 Å². The predicted octanol–water partition coefficient (Wildman–Crippen LogP) is 2.81. The van der Waals surface area contributed by atoms with Crippen molar-refractivity contribution in [3.63, 3.8) is 0 Å². The summed E-state index contributed by atoms with van der Waals surface area (Å²) in [4.78, 5) is 22.4. The van der Waals surface area contributed by atoms with Gasteiger partial charge in [-0.25, -0.2) is 10.4 Å². The van der Waals surface area contributed by atoms with Gasteiger partial charge in [-0.3, -0.25) is 4.79 Å². The van der Waals surface area contributed by atoms with Crippen molar-refractivity contribution in [1.29, 1.82) is 0 Å². The molecule has 0 atom stereocenters. The Kier molecular flexibility index (Phi) is 3.12.